The predicted octanol–water partition coefficient (Wildman–Crippen LogP) is -5.69. The fourth-order valence-electron chi connectivity index (χ4n) is 0. The molecule has 0 saturated heterocycles. The Morgan fingerprint density at radius 3 is 0.875 bits per heavy atom. The SMILES string of the molecule is [Au+].[Au].[C-]#N.[C-]#N.[H-].[K+].[K+]. The molecule has 0 heterocycles. The Morgan fingerprint density at radius 2 is 0.875 bits per heavy atom. The summed E-state index contributed by atoms with van der Waals surface area (Å²) in [5, 5.41) is 12.5. The first-order valence-electron chi connectivity index (χ1n) is 0.447. The fraction of sp³-hybridized carbons (Fsp3) is 0. The minimum atomic E-state index is 0. The van der Waals surface area contributed by atoms with Crippen molar-refractivity contribution < 1.29 is 149 Å². The molecule has 0 aliphatic heterocycles. The van der Waals surface area contributed by atoms with E-state index in [1.165, 1.54) is 0 Å². The molecule has 2 nitrogen and oxygen atoms in total. The molecule has 0 aliphatic carbocycles. The van der Waals surface area contributed by atoms with Gasteiger partial charge < -0.3 is 25.1 Å². The van der Waals surface area contributed by atoms with Crippen LogP contribution in [0.4, 0.5) is 0 Å². The molecule has 0 aromatic heterocycles. The largest absolute Gasteiger partial charge is 1.00 e. The van der Waals surface area contributed by atoms with Gasteiger partial charge >= 0.3 is 125 Å². The summed E-state index contributed by atoms with van der Waals surface area (Å²) < 4.78 is 0. The monoisotopic (exact) mass is 525 g/mol. The Kier molecular flexibility index (Phi) is 375. The van der Waals surface area contributed by atoms with E-state index in [0.717, 1.165) is 0 Å². The van der Waals surface area contributed by atoms with E-state index in [4.69, 9.17) is 23.7 Å². The molecule has 0 unspecified atom stereocenters. The number of nitrogens with zero attached hydrogens (tertiary/aromatic N) is 2. The van der Waals surface area contributed by atoms with E-state index in [9.17, 15) is 0 Å². The molecule has 0 bridgehead atoms. The van der Waals surface area contributed by atoms with E-state index in [1.807, 2.05) is 0 Å². The van der Waals surface area contributed by atoms with Crippen LogP contribution in [0.15, 0.2) is 0 Å². The summed E-state index contributed by atoms with van der Waals surface area (Å²) in [6.45, 7) is 9.50. The molecule has 0 atom stereocenters. The molecule has 0 aliphatic rings. The van der Waals surface area contributed by atoms with Gasteiger partial charge in [-0.25, -0.2) is 0 Å². The average molecular weight is 525 g/mol. The number of rotatable bonds is 0. The van der Waals surface area contributed by atoms with Crippen molar-refractivity contribution in [2.24, 2.45) is 0 Å². The van der Waals surface area contributed by atoms with Gasteiger partial charge in [-0.3, -0.25) is 0 Å². The third-order valence-electron chi connectivity index (χ3n) is 0. The molecule has 0 aromatic rings. The van der Waals surface area contributed by atoms with E-state index in [0.29, 0.717) is 0 Å². The first kappa shape index (κ1) is 41.1. The van der Waals surface area contributed by atoms with Crippen molar-refractivity contribution in [1.82, 2.24) is 0 Å². The summed E-state index contributed by atoms with van der Waals surface area (Å²) in [4.78, 5) is 0. The van der Waals surface area contributed by atoms with Gasteiger partial charge in [-0.05, 0) is 0 Å². The molecule has 0 rings (SSSR count). The van der Waals surface area contributed by atoms with Gasteiger partial charge in [0.25, 0.3) is 0 Å². The third-order valence-corrected chi connectivity index (χ3v) is 0. The van der Waals surface area contributed by atoms with Crippen LogP contribution in [0, 0.1) is 23.7 Å². The molecule has 8 heavy (non-hydrogen) atoms. The summed E-state index contributed by atoms with van der Waals surface area (Å²) in [6, 6.07) is 0. The van der Waals surface area contributed by atoms with Gasteiger partial charge in [0.15, 0.2) is 0 Å². The average Bonchev–Trinajstić information content (AvgIpc) is 1.50. The summed E-state index contributed by atoms with van der Waals surface area (Å²) in [5.41, 5.74) is 0. The van der Waals surface area contributed by atoms with Crippen LogP contribution in [0.5, 0.6) is 0 Å². The summed E-state index contributed by atoms with van der Waals surface area (Å²) in [7, 11) is 0. The molecular formula is C2HAu2K2N2. The van der Waals surface area contributed by atoms with Crippen LogP contribution in [0.1, 0.15) is 1.43 Å². The van der Waals surface area contributed by atoms with Crippen molar-refractivity contribution in [2.45, 2.75) is 0 Å². The maximum Gasteiger partial charge on any atom is 1.00 e. The molecule has 0 amide bonds. The van der Waals surface area contributed by atoms with Crippen LogP contribution in [0.3, 0.4) is 0 Å². The minimum absolute atomic E-state index is 0. The van der Waals surface area contributed by atoms with Crippen molar-refractivity contribution >= 4 is 0 Å². The second-order valence-corrected chi connectivity index (χ2v) is 0. The van der Waals surface area contributed by atoms with Crippen LogP contribution in [0.25, 0.3) is 0 Å². The molecule has 0 spiro atoms. The van der Waals surface area contributed by atoms with E-state index in [2.05, 4.69) is 0 Å². The Bertz CT molecular complexity index is 36.0. The van der Waals surface area contributed by atoms with Crippen LogP contribution < -0.4 is 103 Å². The van der Waals surface area contributed by atoms with E-state index in [1.54, 1.807) is 0 Å². The predicted molar refractivity (Wildman–Crippen MR) is 11.0 cm³/mol. The fourth-order valence-corrected chi connectivity index (χ4v) is 0. The Hall–Kier alpha value is 3.73. The molecule has 0 aromatic carbocycles. The molecule has 0 saturated carbocycles. The second-order valence-electron chi connectivity index (χ2n) is 0. The van der Waals surface area contributed by atoms with Gasteiger partial charge in [0.1, 0.15) is 0 Å². The smallest absolute Gasteiger partial charge is 1.00 e. The van der Waals surface area contributed by atoms with Gasteiger partial charge in [0, 0.05) is 22.4 Å². The van der Waals surface area contributed by atoms with Crippen molar-refractivity contribution in [1.29, 1.82) is 10.5 Å². The molecule has 43 valence electrons. The maximum atomic E-state index is 6.25. The molecule has 1 radical (unpaired) electrons. The molecular weight excluding hydrogens is 524 g/mol. The number of hydrogen-bond donors (Lipinski definition) is 0. The van der Waals surface area contributed by atoms with Crippen LogP contribution in [0.2, 0.25) is 0 Å². The summed E-state index contributed by atoms with van der Waals surface area (Å²) in [5.74, 6) is 0. The van der Waals surface area contributed by atoms with Crippen molar-refractivity contribution in [3.05, 3.63) is 13.1 Å². The van der Waals surface area contributed by atoms with Gasteiger partial charge in [0.2, 0.25) is 0 Å². The van der Waals surface area contributed by atoms with Gasteiger partial charge in [-0.15, -0.1) is 0 Å². The van der Waals surface area contributed by atoms with Gasteiger partial charge in [-0.2, -0.15) is 0 Å². The summed E-state index contributed by atoms with van der Waals surface area (Å²) >= 11 is 0. The topological polar surface area (TPSA) is 47.6 Å². The first-order chi connectivity index (χ1) is 2.00. The molecule has 0 fully saturated rings. The van der Waals surface area contributed by atoms with Crippen LogP contribution >= 0.6 is 0 Å². The van der Waals surface area contributed by atoms with Gasteiger partial charge in [-0.1, -0.05) is 0 Å². The number of hydrogen-bond acceptors (Lipinski definition) is 2. The normalized spacial score (nSPS) is 0.500. The standard InChI is InChI=1S/2CN.2Au.2K.H/c2*1-2;;;;;/q2*-1;;3*+1;-1. The zero-order valence-electron chi connectivity index (χ0n) is 5.50. The molecule has 6 heteroatoms. The van der Waals surface area contributed by atoms with Gasteiger partial charge in [0.05, 0.1) is 0 Å². The van der Waals surface area contributed by atoms with E-state index < -0.39 is 0 Å². The maximum absolute atomic E-state index is 6.25. The third kappa shape index (κ3) is 53.3. The quantitative estimate of drug-likeness (QED) is 0.234. The molecule has 0 N–H and O–H groups in total. The van der Waals surface area contributed by atoms with Crippen LogP contribution in [-0.4, -0.2) is 0 Å². The first-order valence-corrected chi connectivity index (χ1v) is 0.447. The summed E-state index contributed by atoms with van der Waals surface area (Å²) in [6.07, 6.45) is 0. The Labute approximate surface area is 167 Å². The van der Waals surface area contributed by atoms with Crippen LogP contribution in [-0.2, 0) is 44.8 Å². The van der Waals surface area contributed by atoms with E-state index >= 15 is 0 Å². The zero-order chi connectivity index (χ0) is 4.00. The zero-order valence-corrected chi connectivity index (χ0v) is 15.1. The minimum Gasteiger partial charge on any atom is -1.00 e. The Balaban J connectivity index is -0.00000000114. The van der Waals surface area contributed by atoms with Crippen molar-refractivity contribution in [3.63, 3.8) is 0 Å². The Morgan fingerprint density at radius 1 is 0.875 bits per heavy atom. The van der Waals surface area contributed by atoms with Crippen molar-refractivity contribution in [2.75, 3.05) is 0 Å². The van der Waals surface area contributed by atoms with E-state index in [-0.39, 0.29) is 149 Å². The van der Waals surface area contributed by atoms with Crippen molar-refractivity contribution in [3.8, 4) is 0 Å². The second kappa shape index (κ2) is 73.0.